The summed E-state index contributed by atoms with van der Waals surface area (Å²) in [5, 5.41) is 3.16. The van der Waals surface area contributed by atoms with E-state index in [-0.39, 0.29) is 29.6 Å². The zero-order chi connectivity index (χ0) is 28.3. The number of rotatable bonds is 7. The number of aromatic nitrogens is 1. The molecule has 2 atom stereocenters. The van der Waals surface area contributed by atoms with Crippen LogP contribution in [0.5, 0.6) is 0 Å². The summed E-state index contributed by atoms with van der Waals surface area (Å²) in [4.78, 5) is 44.7. The Balaban J connectivity index is 1.28. The van der Waals surface area contributed by atoms with Gasteiger partial charge in [-0.15, -0.1) is 0 Å². The van der Waals surface area contributed by atoms with Crippen molar-refractivity contribution in [2.75, 3.05) is 13.7 Å². The van der Waals surface area contributed by atoms with Crippen molar-refractivity contribution in [1.29, 1.82) is 0 Å². The second-order valence-electron chi connectivity index (χ2n) is 10.6. The van der Waals surface area contributed by atoms with Crippen LogP contribution in [0.3, 0.4) is 0 Å². The number of methoxy groups -OCH3 is 1. The minimum atomic E-state index is -0.388. The minimum Gasteiger partial charge on any atom is -0.465 e. The van der Waals surface area contributed by atoms with Crippen LogP contribution in [0.4, 0.5) is 0 Å². The molecule has 0 unspecified atom stereocenters. The molecule has 206 valence electrons. The second-order valence-corrected chi connectivity index (χ2v) is 10.6. The van der Waals surface area contributed by atoms with Gasteiger partial charge < -0.3 is 15.0 Å². The Kier molecular flexibility index (Phi) is 7.33. The fourth-order valence-corrected chi connectivity index (χ4v) is 5.80. The molecule has 0 radical (unpaired) electrons. The van der Waals surface area contributed by atoms with E-state index in [1.165, 1.54) is 12.7 Å². The smallest absolute Gasteiger partial charge is 0.337 e. The molecule has 1 fully saturated rings. The van der Waals surface area contributed by atoms with Crippen molar-refractivity contribution in [3.63, 3.8) is 0 Å². The van der Waals surface area contributed by atoms with Gasteiger partial charge in [0.05, 0.1) is 12.7 Å². The van der Waals surface area contributed by atoms with E-state index in [4.69, 9.17) is 4.74 Å². The van der Waals surface area contributed by atoms with Crippen molar-refractivity contribution < 1.29 is 19.1 Å². The van der Waals surface area contributed by atoms with E-state index in [0.29, 0.717) is 37.3 Å². The highest BCUT2D eigenvalue weighted by atomic mass is 16.5. The second kappa shape index (κ2) is 11.4. The van der Waals surface area contributed by atoms with Gasteiger partial charge in [-0.1, -0.05) is 60.7 Å². The summed E-state index contributed by atoms with van der Waals surface area (Å²) in [5.41, 5.74) is 7.15. The van der Waals surface area contributed by atoms with Crippen LogP contribution in [0.25, 0.3) is 11.1 Å². The highest BCUT2D eigenvalue weighted by molar-refractivity contribution is 5.93. The summed E-state index contributed by atoms with van der Waals surface area (Å²) < 4.78 is 4.93. The number of fused-ring (bicyclic) bond motifs is 1. The van der Waals surface area contributed by atoms with Gasteiger partial charge in [-0.25, -0.2) is 4.79 Å². The van der Waals surface area contributed by atoms with E-state index in [0.717, 1.165) is 34.2 Å². The first kappa shape index (κ1) is 26.4. The minimum absolute atomic E-state index is 0.0178. The zero-order valence-electron chi connectivity index (χ0n) is 22.9. The average molecular weight is 546 g/mol. The van der Waals surface area contributed by atoms with Gasteiger partial charge in [-0.3, -0.25) is 14.6 Å². The monoisotopic (exact) mass is 545 g/mol. The Bertz CT molecular complexity index is 1600. The van der Waals surface area contributed by atoms with Crippen LogP contribution in [0, 0.1) is 5.92 Å². The van der Waals surface area contributed by atoms with Crippen LogP contribution in [-0.2, 0) is 29.0 Å². The predicted octanol–water partition coefficient (Wildman–Crippen LogP) is 5.15. The number of carbonyl (C=O) groups excluding carboxylic acids is 3. The molecule has 1 N–H and O–H groups in total. The van der Waals surface area contributed by atoms with Crippen molar-refractivity contribution in [2.24, 2.45) is 5.92 Å². The van der Waals surface area contributed by atoms with Crippen LogP contribution in [-0.4, -0.2) is 41.3 Å². The van der Waals surface area contributed by atoms with Gasteiger partial charge in [0, 0.05) is 31.7 Å². The largest absolute Gasteiger partial charge is 0.465 e. The van der Waals surface area contributed by atoms with E-state index < -0.39 is 0 Å². The topological polar surface area (TPSA) is 88.6 Å². The van der Waals surface area contributed by atoms with Crippen molar-refractivity contribution in [3.8, 4) is 11.1 Å². The van der Waals surface area contributed by atoms with E-state index in [9.17, 15) is 14.4 Å². The normalized spacial score (nSPS) is 17.3. The van der Waals surface area contributed by atoms with Gasteiger partial charge in [-0.05, 0) is 76.4 Å². The standard InChI is InChI=1S/C34H31N3O4/c1-41-34(40)24-11-7-10-23(18-24)26-14-13-25(20-36-32(38)29-19-28(29)22-8-3-2-4-9-22)30-21-37(17-15-27(26)30)33(39)31-12-5-6-16-35-31/h2-14,16,18,28-29H,15,17,19-21H2,1H3,(H,36,38)/t28-,29-/m0/s1. The third-order valence-corrected chi connectivity index (χ3v) is 8.08. The third kappa shape index (κ3) is 5.48. The fourth-order valence-electron chi connectivity index (χ4n) is 5.80. The third-order valence-electron chi connectivity index (χ3n) is 8.08. The lowest BCUT2D eigenvalue weighted by molar-refractivity contribution is -0.122. The number of benzene rings is 3. The van der Waals surface area contributed by atoms with Crippen molar-refractivity contribution >= 4 is 17.8 Å². The maximum atomic E-state index is 13.3. The molecular formula is C34H31N3O4. The summed E-state index contributed by atoms with van der Waals surface area (Å²) in [6.07, 6.45) is 3.13. The van der Waals surface area contributed by atoms with Crippen LogP contribution >= 0.6 is 0 Å². The highest BCUT2D eigenvalue weighted by Crippen LogP contribution is 2.47. The molecule has 1 saturated carbocycles. The molecule has 1 aliphatic heterocycles. The van der Waals surface area contributed by atoms with Crippen molar-refractivity contribution in [2.45, 2.75) is 31.8 Å². The molecule has 2 heterocycles. The molecule has 1 aromatic heterocycles. The number of pyridine rings is 1. The first-order chi connectivity index (χ1) is 20.0. The Morgan fingerprint density at radius 2 is 1.78 bits per heavy atom. The SMILES string of the molecule is COC(=O)c1cccc(-c2ccc(CNC(=O)[C@H]3C[C@H]3c3ccccc3)c3c2CCN(C(=O)c2ccccn2)C3)c1. The average Bonchev–Trinajstić information content (AvgIpc) is 3.85. The van der Waals surface area contributed by atoms with E-state index in [1.807, 2.05) is 53.4 Å². The molecular weight excluding hydrogens is 514 g/mol. The lowest BCUT2D eigenvalue weighted by Crippen LogP contribution is -2.37. The van der Waals surface area contributed by atoms with Crippen LogP contribution in [0.2, 0.25) is 0 Å². The summed E-state index contributed by atoms with van der Waals surface area (Å²) >= 11 is 0. The summed E-state index contributed by atoms with van der Waals surface area (Å²) in [7, 11) is 1.37. The van der Waals surface area contributed by atoms with E-state index >= 15 is 0 Å². The Hall–Kier alpha value is -4.78. The molecule has 0 spiro atoms. The number of hydrogen-bond acceptors (Lipinski definition) is 5. The number of ether oxygens (including phenoxy) is 1. The number of amides is 2. The molecule has 7 heteroatoms. The number of nitrogens with one attached hydrogen (secondary N) is 1. The van der Waals surface area contributed by atoms with Crippen LogP contribution < -0.4 is 5.32 Å². The highest BCUT2D eigenvalue weighted by Gasteiger charge is 2.43. The lowest BCUT2D eigenvalue weighted by atomic mass is 9.87. The van der Waals surface area contributed by atoms with Crippen molar-refractivity contribution in [1.82, 2.24) is 15.2 Å². The van der Waals surface area contributed by atoms with Crippen molar-refractivity contribution in [3.05, 3.63) is 125 Å². The molecule has 4 aromatic rings. The number of hydrogen-bond donors (Lipinski definition) is 1. The maximum Gasteiger partial charge on any atom is 0.337 e. The van der Waals surface area contributed by atoms with Gasteiger partial charge in [0.2, 0.25) is 5.91 Å². The van der Waals surface area contributed by atoms with Crippen LogP contribution in [0.15, 0.2) is 91.1 Å². The van der Waals surface area contributed by atoms with Gasteiger partial charge in [0.15, 0.2) is 0 Å². The Labute approximate surface area is 239 Å². The quantitative estimate of drug-likeness (QED) is 0.325. The molecule has 3 aromatic carbocycles. The number of esters is 1. The molecule has 2 amide bonds. The Morgan fingerprint density at radius 3 is 2.56 bits per heavy atom. The molecule has 6 rings (SSSR count). The Morgan fingerprint density at radius 1 is 0.951 bits per heavy atom. The molecule has 2 aliphatic rings. The van der Waals surface area contributed by atoms with Gasteiger partial charge in [-0.2, -0.15) is 0 Å². The number of carbonyl (C=O) groups is 3. The summed E-state index contributed by atoms with van der Waals surface area (Å²) in [6, 6.07) is 27.0. The molecule has 7 nitrogen and oxygen atoms in total. The summed E-state index contributed by atoms with van der Waals surface area (Å²) in [5.74, 6) is -0.203. The molecule has 0 bridgehead atoms. The van der Waals surface area contributed by atoms with Gasteiger partial charge in [0.1, 0.15) is 5.69 Å². The van der Waals surface area contributed by atoms with Crippen LogP contribution in [0.1, 0.15) is 55.4 Å². The molecule has 1 aliphatic carbocycles. The first-order valence-corrected chi connectivity index (χ1v) is 13.9. The van der Waals surface area contributed by atoms with E-state index in [2.05, 4.69) is 28.5 Å². The molecule has 0 saturated heterocycles. The lowest BCUT2D eigenvalue weighted by Gasteiger charge is -2.32. The summed E-state index contributed by atoms with van der Waals surface area (Å²) in [6.45, 7) is 1.34. The zero-order valence-corrected chi connectivity index (χ0v) is 22.9. The molecule has 41 heavy (non-hydrogen) atoms. The van der Waals surface area contributed by atoms with Gasteiger partial charge >= 0.3 is 5.97 Å². The predicted molar refractivity (Wildman–Crippen MR) is 155 cm³/mol. The van der Waals surface area contributed by atoms with Gasteiger partial charge in [0.25, 0.3) is 5.91 Å². The first-order valence-electron chi connectivity index (χ1n) is 13.9. The fraction of sp³-hybridized carbons (Fsp3) is 0.235. The van der Waals surface area contributed by atoms with E-state index in [1.54, 1.807) is 24.4 Å². The number of nitrogens with zero attached hydrogens (tertiary/aromatic N) is 2. The maximum absolute atomic E-state index is 13.3.